The van der Waals surface area contributed by atoms with Crippen LogP contribution in [0, 0.1) is 11.3 Å². The normalized spacial score (nSPS) is 11.2. The van der Waals surface area contributed by atoms with Crippen molar-refractivity contribution >= 4 is 22.4 Å². The number of ether oxygens (including phenoxy) is 2. The number of allylic oxidation sites excluding steroid dienone is 1. The highest BCUT2D eigenvalue weighted by Gasteiger charge is 2.12. The summed E-state index contributed by atoms with van der Waals surface area (Å²) >= 11 is 0. The number of rotatable bonds is 4. The molecule has 0 unspecified atom stereocenters. The van der Waals surface area contributed by atoms with Crippen LogP contribution in [0.15, 0.2) is 54.6 Å². The van der Waals surface area contributed by atoms with E-state index < -0.39 is 0 Å². The van der Waals surface area contributed by atoms with E-state index in [1.165, 1.54) is 14.2 Å². The molecule has 4 heteroatoms. The van der Waals surface area contributed by atoms with Crippen LogP contribution in [-0.4, -0.2) is 19.3 Å². The number of nitrogens with zero attached hydrogens (tertiary/aromatic N) is 1. The van der Waals surface area contributed by atoms with Crippen LogP contribution in [0.3, 0.4) is 0 Å². The average Bonchev–Trinajstić information content (AvgIpc) is 2.66. The maximum absolute atomic E-state index is 10.0. The molecule has 0 bridgehead atoms. The summed E-state index contributed by atoms with van der Waals surface area (Å²) in [5.74, 6) is 0.521. The van der Waals surface area contributed by atoms with Crippen molar-refractivity contribution in [2.75, 3.05) is 14.2 Å². The number of aromatic hydroxyl groups is 1. The highest BCUT2D eigenvalue weighted by atomic mass is 16.5. The Bertz CT molecular complexity index is 969. The molecule has 0 spiro atoms. The second-order valence-electron chi connectivity index (χ2n) is 5.47. The third-order valence-corrected chi connectivity index (χ3v) is 4.01. The Morgan fingerprint density at radius 1 is 1.00 bits per heavy atom. The number of hydrogen-bond donors (Lipinski definition) is 1. The van der Waals surface area contributed by atoms with E-state index in [0.717, 1.165) is 16.3 Å². The van der Waals surface area contributed by atoms with Crippen molar-refractivity contribution in [2.45, 2.75) is 0 Å². The number of methoxy groups -OCH3 is 2. The second kappa shape index (κ2) is 6.98. The first-order valence-corrected chi connectivity index (χ1v) is 7.73. The van der Waals surface area contributed by atoms with Gasteiger partial charge in [-0.25, -0.2) is 0 Å². The second-order valence-corrected chi connectivity index (χ2v) is 5.47. The summed E-state index contributed by atoms with van der Waals surface area (Å²) < 4.78 is 10.4. The lowest BCUT2D eigenvalue weighted by Gasteiger charge is -2.10. The lowest BCUT2D eigenvalue weighted by molar-refractivity contribution is 0.340. The maximum atomic E-state index is 10.0. The predicted molar refractivity (Wildman–Crippen MR) is 98.6 cm³/mol. The zero-order valence-corrected chi connectivity index (χ0v) is 14.0. The van der Waals surface area contributed by atoms with Crippen LogP contribution in [0.4, 0.5) is 0 Å². The zero-order chi connectivity index (χ0) is 17.8. The topological polar surface area (TPSA) is 62.5 Å². The van der Waals surface area contributed by atoms with Crippen LogP contribution < -0.4 is 9.47 Å². The van der Waals surface area contributed by atoms with Crippen molar-refractivity contribution in [1.29, 1.82) is 5.26 Å². The van der Waals surface area contributed by atoms with E-state index in [2.05, 4.69) is 6.07 Å². The molecule has 25 heavy (non-hydrogen) atoms. The quantitative estimate of drug-likeness (QED) is 0.559. The summed E-state index contributed by atoms with van der Waals surface area (Å²) in [5, 5.41) is 21.8. The van der Waals surface area contributed by atoms with Crippen LogP contribution in [0.1, 0.15) is 11.1 Å². The molecule has 0 heterocycles. The smallest absolute Gasteiger partial charge is 0.200 e. The minimum atomic E-state index is -0.0641. The lowest BCUT2D eigenvalue weighted by Crippen LogP contribution is -1.91. The van der Waals surface area contributed by atoms with E-state index in [-0.39, 0.29) is 5.75 Å². The van der Waals surface area contributed by atoms with E-state index >= 15 is 0 Å². The molecule has 124 valence electrons. The van der Waals surface area contributed by atoms with Gasteiger partial charge in [0.1, 0.15) is 0 Å². The van der Waals surface area contributed by atoms with E-state index in [9.17, 15) is 10.4 Å². The van der Waals surface area contributed by atoms with E-state index in [1.807, 2.05) is 42.5 Å². The van der Waals surface area contributed by atoms with Gasteiger partial charge in [-0.15, -0.1) is 0 Å². The van der Waals surface area contributed by atoms with Crippen molar-refractivity contribution in [3.63, 3.8) is 0 Å². The lowest BCUT2D eigenvalue weighted by atomic mass is 9.97. The highest BCUT2D eigenvalue weighted by molar-refractivity contribution is 6.01. The summed E-state index contributed by atoms with van der Waals surface area (Å²) in [6.45, 7) is 0. The molecule has 3 aromatic rings. The first-order valence-electron chi connectivity index (χ1n) is 7.73. The highest BCUT2D eigenvalue weighted by Crippen LogP contribution is 2.38. The fourth-order valence-electron chi connectivity index (χ4n) is 2.79. The van der Waals surface area contributed by atoms with Crippen molar-refractivity contribution < 1.29 is 14.6 Å². The first kappa shape index (κ1) is 16.4. The standard InChI is InChI=1S/C21H17NO3/c1-24-19-11-14(12-20(25-2)21(19)23)10-16(13-22)18-9-5-7-15-6-3-4-8-17(15)18/h3-12,23H,1-2H3/b16-10-. The molecule has 1 N–H and O–H groups in total. The van der Waals surface area contributed by atoms with Crippen LogP contribution >= 0.6 is 0 Å². The third-order valence-electron chi connectivity index (χ3n) is 4.01. The van der Waals surface area contributed by atoms with Gasteiger partial charge < -0.3 is 14.6 Å². The molecule has 0 aliphatic rings. The molecule has 0 amide bonds. The van der Waals surface area contributed by atoms with Gasteiger partial charge in [0.25, 0.3) is 0 Å². The molecule has 0 aliphatic heterocycles. The Balaban J connectivity index is 2.17. The summed E-state index contributed by atoms with van der Waals surface area (Å²) in [6.07, 6.45) is 1.76. The number of phenols is 1. The molecular weight excluding hydrogens is 314 g/mol. The number of fused-ring (bicyclic) bond motifs is 1. The van der Waals surface area contributed by atoms with Gasteiger partial charge in [-0.05, 0) is 34.5 Å². The summed E-state index contributed by atoms with van der Waals surface area (Å²) in [5.41, 5.74) is 2.08. The minimum absolute atomic E-state index is 0.0641. The molecule has 0 aromatic heterocycles. The van der Waals surface area contributed by atoms with Crippen molar-refractivity contribution in [2.24, 2.45) is 0 Å². The van der Waals surface area contributed by atoms with Gasteiger partial charge in [-0.2, -0.15) is 5.26 Å². The summed E-state index contributed by atoms with van der Waals surface area (Å²) in [4.78, 5) is 0. The molecule has 3 rings (SSSR count). The Hall–Kier alpha value is -3.45. The van der Waals surface area contributed by atoms with Crippen molar-refractivity contribution in [3.8, 4) is 23.3 Å². The van der Waals surface area contributed by atoms with E-state index in [0.29, 0.717) is 22.6 Å². The van der Waals surface area contributed by atoms with Gasteiger partial charge in [-0.3, -0.25) is 0 Å². The Labute approximate surface area is 146 Å². The van der Waals surface area contributed by atoms with Crippen LogP contribution in [-0.2, 0) is 0 Å². The SMILES string of the molecule is COc1cc(/C=C(/C#N)c2cccc3ccccc23)cc(OC)c1O. The van der Waals surface area contributed by atoms with Crippen LogP contribution in [0.2, 0.25) is 0 Å². The van der Waals surface area contributed by atoms with Gasteiger partial charge in [0, 0.05) is 5.56 Å². The van der Waals surface area contributed by atoms with E-state index in [4.69, 9.17) is 9.47 Å². The summed E-state index contributed by atoms with van der Waals surface area (Å²) in [6, 6.07) is 19.4. The summed E-state index contributed by atoms with van der Waals surface area (Å²) in [7, 11) is 2.94. The number of phenolic OH excluding ortho intramolecular Hbond substituents is 1. The molecule has 0 atom stereocenters. The molecule has 0 saturated heterocycles. The van der Waals surface area contributed by atoms with Gasteiger partial charge in [-0.1, -0.05) is 42.5 Å². The molecule has 0 aliphatic carbocycles. The molecule has 3 aromatic carbocycles. The maximum Gasteiger partial charge on any atom is 0.200 e. The van der Waals surface area contributed by atoms with Crippen molar-refractivity contribution in [3.05, 3.63) is 65.7 Å². The van der Waals surface area contributed by atoms with Gasteiger partial charge in [0.05, 0.1) is 25.9 Å². The monoisotopic (exact) mass is 331 g/mol. The number of hydrogen-bond acceptors (Lipinski definition) is 4. The number of benzene rings is 3. The molecular formula is C21H17NO3. The van der Waals surface area contributed by atoms with Crippen molar-refractivity contribution in [1.82, 2.24) is 0 Å². The Morgan fingerprint density at radius 3 is 2.28 bits per heavy atom. The average molecular weight is 331 g/mol. The molecule has 0 radical (unpaired) electrons. The largest absolute Gasteiger partial charge is 0.502 e. The Morgan fingerprint density at radius 2 is 1.64 bits per heavy atom. The zero-order valence-electron chi connectivity index (χ0n) is 14.0. The minimum Gasteiger partial charge on any atom is -0.502 e. The van der Waals surface area contributed by atoms with E-state index in [1.54, 1.807) is 18.2 Å². The van der Waals surface area contributed by atoms with Gasteiger partial charge >= 0.3 is 0 Å². The van der Waals surface area contributed by atoms with Gasteiger partial charge in [0.2, 0.25) is 5.75 Å². The fraction of sp³-hybridized carbons (Fsp3) is 0.0952. The van der Waals surface area contributed by atoms with Crippen LogP contribution in [0.5, 0.6) is 17.2 Å². The predicted octanol–water partition coefficient (Wildman–Crippen LogP) is 4.63. The Kier molecular flexibility index (Phi) is 4.58. The molecule has 0 fully saturated rings. The molecule has 4 nitrogen and oxygen atoms in total. The molecule has 0 saturated carbocycles. The third kappa shape index (κ3) is 3.13. The van der Waals surface area contributed by atoms with Gasteiger partial charge in [0.15, 0.2) is 11.5 Å². The van der Waals surface area contributed by atoms with Crippen LogP contribution in [0.25, 0.3) is 22.4 Å². The number of nitriles is 1. The fourth-order valence-corrected chi connectivity index (χ4v) is 2.79. The first-order chi connectivity index (χ1) is 12.2.